The Bertz CT molecular complexity index is 551. The van der Waals surface area contributed by atoms with Gasteiger partial charge in [-0.2, -0.15) is 4.98 Å². The van der Waals surface area contributed by atoms with Gasteiger partial charge < -0.3 is 10.1 Å². The normalized spacial score (nSPS) is 10.2. The predicted molar refractivity (Wildman–Crippen MR) is 59.7 cm³/mol. The van der Waals surface area contributed by atoms with E-state index in [1.807, 2.05) is 12.1 Å². The van der Waals surface area contributed by atoms with Gasteiger partial charge in [0, 0.05) is 10.0 Å². The monoisotopic (exact) mass is 266 g/mol. The molecule has 0 saturated heterocycles. The van der Waals surface area contributed by atoms with Crippen LogP contribution in [0.5, 0.6) is 5.88 Å². The topological polar surface area (TPSA) is 66.0 Å². The third-order valence-corrected chi connectivity index (χ3v) is 2.32. The zero-order valence-corrected chi connectivity index (χ0v) is 9.15. The van der Waals surface area contributed by atoms with E-state index in [0.29, 0.717) is 5.82 Å². The van der Waals surface area contributed by atoms with Crippen molar-refractivity contribution in [2.75, 3.05) is 0 Å². The fraction of sp³-hybridized carbons (Fsp3) is 0. The summed E-state index contributed by atoms with van der Waals surface area (Å²) in [6.45, 7) is 0. The Morgan fingerprint density at radius 3 is 2.80 bits per heavy atom. The second-order valence-corrected chi connectivity index (χ2v) is 3.88. The van der Waals surface area contributed by atoms with Gasteiger partial charge in [-0.05, 0) is 12.1 Å². The molecule has 5 heteroatoms. The molecule has 0 saturated carbocycles. The van der Waals surface area contributed by atoms with Crippen molar-refractivity contribution in [2.45, 2.75) is 0 Å². The summed E-state index contributed by atoms with van der Waals surface area (Å²) in [6.07, 6.45) is 0. The maximum absolute atomic E-state index is 11.1. The molecule has 1 aromatic carbocycles. The van der Waals surface area contributed by atoms with Crippen molar-refractivity contribution in [1.82, 2.24) is 9.97 Å². The molecule has 0 aliphatic rings. The van der Waals surface area contributed by atoms with Gasteiger partial charge in [-0.1, -0.05) is 28.1 Å². The van der Waals surface area contributed by atoms with Crippen molar-refractivity contribution in [3.05, 3.63) is 45.2 Å². The van der Waals surface area contributed by atoms with Gasteiger partial charge in [0.05, 0.1) is 6.07 Å². The number of nitrogens with one attached hydrogen (secondary N) is 1. The first-order chi connectivity index (χ1) is 7.15. The van der Waals surface area contributed by atoms with Gasteiger partial charge in [0.2, 0.25) is 5.88 Å². The third-order valence-electron chi connectivity index (χ3n) is 1.83. The summed E-state index contributed by atoms with van der Waals surface area (Å²) < 4.78 is 0.881. The summed E-state index contributed by atoms with van der Waals surface area (Å²) in [5.74, 6) is 0.0648. The second kappa shape index (κ2) is 3.86. The van der Waals surface area contributed by atoms with E-state index in [2.05, 4.69) is 25.9 Å². The fourth-order valence-electron chi connectivity index (χ4n) is 1.22. The first kappa shape index (κ1) is 9.92. The lowest BCUT2D eigenvalue weighted by atomic mass is 10.2. The molecule has 0 atom stereocenters. The zero-order chi connectivity index (χ0) is 10.8. The highest BCUT2D eigenvalue weighted by atomic mass is 79.9. The van der Waals surface area contributed by atoms with Crippen LogP contribution in [0.3, 0.4) is 0 Å². The van der Waals surface area contributed by atoms with Gasteiger partial charge in [0.1, 0.15) is 5.82 Å². The van der Waals surface area contributed by atoms with Gasteiger partial charge in [0.15, 0.2) is 0 Å². The molecule has 1 aromatic heterocycles. The highest BCUT2D eigenvalue weighted by Gasteiger charge is 2.03. The minimum atomic E-state index is -0.377. The molecule has 0 unspecified atom stereocenters. The van der Waals surface area contributed by atoms with Gasteiger partial charge in [-0.15, -0.1) is 0 Å². The van der Waals surface area contributed by atoms with Crippen LogP contribution in [0.4, 0.5) is 0 Å². The molecule has 4 nitrogen and oxygen atoms in total. The minimum Gasteiger partial charge on any atom is -0.493 e. The Hall–Kier alpha value is -1.62. The maximum Gasteiger partial charge on any atom is 0.254 e. The van der Waals surface area contributed by atoms with Crippen molar-refractivity contribution in [3.8, 4) is 17.3 Å². The van der Waals surface area contributed by atoms with Crippen LogP contribution in [0, 0.1) is 0 Å². The molecule has 0 aliphatic heterocycles. The Balaban J connectivity index is 2.59. The van der Waals surface area contributed by atoms with Crippen LogP contribution in [0.15, 0.2) is 39.6 Å². The Kier molecular flexibility index (Phi) is 2.55. The zero-order valence-electron chi connectivity index (χ0n) is 7.57. The van der Waals surface area contributed by atoms with Crippen LogP contribution in [-0.2, 0) is 0 Å². The Labute approximate surface area is 93.8 Å². The van der Waals surface area contributed by atoms with Crippen molar-refractivity contribution in [3.63, 3.8) is 0 Å². The van der Waals surface area contributed by atoms with E-state index in [-0.39, 0.29) is 11.4 Å². The Morgan fingerprint density at radius 2 is 2.13 bits per heavy atom. The fourth-order valence-corrected chi connectivity index (χ4v) is 1.62. The molecule has 1 heterocycles. The highest BCUT2D eigenvalue weighted by molar-refractivity contribution is 9.10. The van der Waals surface area contributed by atoms with Crippen LogP contribution in [0.1, 0.15) is 0 Å². The van der Waals surface area contributed by atoms with Crippen LogP contribution in [0.25, 0.3) is 11.4 Å². The third kappa shape index (κ3) is 2.24. The summed E-state index contributed by atoms with van der Waals surface area (Å²) in [7, 11) is 0. The molecule has 15 heavy (non-hydrogen) atoms. The van der Waals surface area contributed by atoms with Crippen molar-refractivity contribution in [2.24, 2.45) is 0 Å². The smallest absolute Gasteiger partial charge is 0.254 e. The number of halogens is 1. The molecule has 2 aromatic rings. The van der Waals surface area contributed by atoms with Crippen LogP contribution >= 0.6 is 15.9 Å². The lowest BCUT2D eigenvalue weighted by molar-refractivity contribution is 0.452. The number of benzene rings is 1. The summed E-state index contributed by atoms with van der Waals surface area (Å²) in [5, 5.41) is 9.18. The number of aromatic hydroxyl groups is 1. The van der Waals surface area contributed by atoms with Gasteiger partial charge in [-0.3, -0.25) is 4.79 Å². The van der Waals surface area contributed by atoms with Gasteiger partial charge >= 0.3 is 0 Å². The molecule has 0 radical (unpaired) electrons. The summed E-state index contributed by atoms with van der Waals surface area (Å²) >= 11 is 3.31. The number of rotatable bonds is 1. The molecule has 76 valence electrons. The number of aromatic nitrogens is 2. The van der Waals surface area contributed by atoms with E-state index in [4.69, 9.17) is 0 Å². The molecule has 0 spiro atoms. The van der Waals surface area contributed by atoms with E-state index < -0.39 is 0 Å². The van der Waals surface area contributed by atoms with Gasteiger partial charge in [-0.25, -0.2) is 0 Å². The average Bonchev–Trinajstić information content (AvgIpc) is 2.16. The van der Waals surface area contributed by atoms with Crippen molar-refractivity contribution >= 4 is 15.9 Å². The molecule has 0 amide bonds. The molecule has 0 bridgehead atoms. The molecular formula is C10H7BrN2O2. The minimum absolute atomic E-state index is 0.284. The van der Waals surface area contributed by atoms with E-state index in [0.717, 1.165) is 16.1 Å². The number of H-pyrrole nitrogens is 1. The van der Waals surface area contributed by atoms with Crippen LogP contribution in [0.2, 0.25) is 0 Å². The van der Waals surface area contributed by atoms with Crippen LogP contribution < -0.4 is 5.56 Å². The highest BCUT2D eigenvalue weighted by Crippen LogP contribution is 2.19. The lowest BCUT2D eigenvalue weighted by Crippen LogP contribution is -2.06. The molecular weight excluding hydrogens is 260 g/mol. The predicted octanol–water partition coefficient (Wildman–Crippen LogP) is 1.90. The SMILES string of the molecule is O=c1cc(O)nc(-c2cccc(Br)c2)[nH]1. The number of hydrogen-bond acceptors (Lipinski definition) is 3. The maximum atomic E-state index is 11.1. The lowest BCUT2D eigenvalue weighted by Gasteiger charge is -2.01. The van der Waals surface area contributed by atoms with E-state index in [1.54, 1.807) is 12.1 Å². The molecule has 0 fully saturated rings. The number of nitrogens with zero attached hydrogens (tertiary/aromatic N) is 1. The van der Waals surface area contributed by atoms with Gasteiger partial charge in [0.25, 0.3) is 5.56 Å². The molecule has 2 rings (SSSR count). The van der Waals surface area contributed by atoms with E-state index >= 15 is 0 Å². The van der Waals surface area contributed by atoms with Crippen molar-refractivity contribution < 1.29 is 5.11 Å². The molecule has 2 N–H and O–H groups in total. The number of aromatic amines is 1. The summed E-state index contributed by atoms with van der Waals surface area (Å²) in [4.78, 5) is 17.5. The number of hydrogen-bond donors (Lipinski definition) is 2. The van der Waals surface area contributed by atoms with E-state index in [9.17, 15) is 9.90 Å². The first-order valence-corrected chi connectivity index (χ1v) is 5.01. The summed E-state index contributed by atoms with van der Waals surface area (Å²) in [6, 6.07) is 8.32. The quantitative estimate of drug-likeness (QED) is 0.829. The van der Waals surface area contributed by atoms with Crippen molar-refractivity contribution in [1.29, 1.82) is 0 Å². The first-order valence-electron chi connectivity index (χ1n) is 4.21. The average molecular weight is 267 g/mol. The second-order valence-electron chi connectivity index (χ2n) is 2.96. The molecule has 0 aliphatic carbocycles. The Morgan fingerprint density at radius 1 is 1.33 bits per heavy atom. The standard InChI is InChI=1S/C10H7BrN2O2/c11-7-3-1-2-6(4-7)10-12-8(14)5-9(15)13-10/h1-5H,(H2,12,13,14,15). The largest absolute Gasteiger partial charge is 0.493 e. The summed E-state index contributed by atoms with van der Waals surface area (Å²) in [5.41, 5.74) is 0.356. The van der Waals surface area contributed by atoms with Crippen LogP contribution in [-0.4, -0.2) is 15.1 Å². The van der Waals surface area contributed by atoms with E-state index in [1.165, 1.54) is 0 Å².